The maximum atomic E-state index is 12.1. The Bertz CT molecular complexity index is 655. The van der Waals surface area contributed by atoms with Crippen LogP contribution in [0.15, 0.2) is 30.3 Å². The summed E-state index contributed by atoms with van der Waals surface area (Å²) in [5.74, 6) is 0.492. The molecule has 2 N–H and O–H groups in total. The third kappa shape index (κ3) is 4.14. The lowest BCUT2D eigenvalue weighted by Gasteiger charge is -2.18. The van der Waals surface area contributed by atoms with Gasteiger partial charge in [0, 0.05) is 23.3 Å². The smallest absolute Gasteiger partial charge is 0.317 e. The molecule has 0 fully saturated rings. The number of hydrogen-bond acceptors (Lipinski definition) is 4. The van der Waals surface area contributed by atoms with E-state index in [9.17, 15) is 9.90 Å². The molecule has 5 nitrogen and oxygen atoms in total. The van der Waals surface area contributed by atoms with Crippen molar-refractivity contribution in [3.8, 4) is 11.5 Å². The highest BCUT2D eigenvalue weighted by atomic mass is 32.1. The highest BCUT2D eigenvalue weighted by molar-refractivity contribution is 7.11. The van der Waals surface area contributed by atoms with Crippen molar-refractivity contribution in [1.82, 2.24) is 10.2 Å². The molecule has 0 saturated carbocycles. The van der Waals surface area contributed by atoms with Crippen molar-refractivity contribution in [3.63, 3.8) is 0 Å². The summed E-state index contributed by atoms with van der Waals surface area (Å²) in [6, 6.07) is 9.01. The molecular formula is C16H20N2O3S. The number of methoxy groups -OCH3 is 1. The number of aromatic hydroxyl groups is 1. The zero-order valence-electron chi connectivity index (χ0n) is 12.9. The molecule has 0 radical (unpaired) electrons. The molecule has 1 aromatic carbocycles. The average molecular weight is 320 g/mol. The van der Waals surface area contributed by atoms with E-state index in [0.29, 0.717) is 18.8 Å². The molecule has 0 atom stereocenters. The summed E-state index contributed by atoms with van der Waals surface area (Å²) in [7, 11) is 3.22. The Kier molecular flexibility index (Phi) is 5.27. The highest BCUT2D eigenvalue weighted by Gasteiger charge is 2.11. The van der Waals surface area contributed by atoms with E-state index >= 15 is 0 Å². The number of hydrogen-bond donors (Lipinski definition) is 2. The van der Waals surface area contributed by atoms with Gasteiger partial charge in [-0.25, -0.2) is 4.79 Å². The van der Waals surface area contributed by atoms with Gasteiger partial charge in [0.15, 0.2) is 11.5 Å². The monoisotopic (exact) mass is 320 g/mol. The van der Waals surface area contributed by atoms with Crippen LogP contribution < -0.4 is 10.1 Å². The molecule has 2 aromatic rings. The molecule has 6 heteroatoms. The highest BCUT2D eigenvalue weighted by Crippen LogP contribution is 2.26. The molecule has 2 amide bonds. The number of nitrogens with one attached hydrogen (secondary N) is 1. The third-order valence-corrected chi connectivity index (χ3v) is 4.22. The maximum Gasteiger partial charge on any atom is 0.317 e. The normalized spacial score (nSPS) is 10.3. The number of rotatable bonds is 5. The number of carbonyl (C=O) groups is 1. The molecule has 0 spiro atoms. The first kappa shape index (κ1) is 16.2. The van der Waals surface area contributed by atoms with E-state index < -0.39 is 0 Å². The molecule has 22 heavy (non-hydrogen) atoms. The van der Waals surface area contributed by atoms with Crippen molar-refractivity contribution < 1.29 is 14.6 Å². The van der Waals surface area contributed by atoms with Crippen LogP contribution in [0.5, 0.6) is 11.5 Å². The number of nitrogens with zero attached hydrogens (tertiary/aromatic N) is 1. The van der Waals surface area contributed by atoms with Crippen molar-refractivity contribution in [2.45, 2.75) is 20.0 Å². The largest absolute Gasteiger partial charge is 0.504 e. The number of aryl methyl sites for hydroxylation is 1. The predicted molar refractivity (Wildman–Crippen MR) is 87.4 cm³/mol. The molecule has 1 heterocycles. The van der Waals surface area contributed by atoms with Crippen molar-refractivity contribution in [2.75, 3.05) is 14.2 Å². The van der Waals surface area contributed by atoms with Crippen molar-refractivity contribution in [1.29, 1.82) is 0 Å². The topological polar surface area (TPSA) is 61.8 Å². The SMILES string of the molecule is COc1ccc(CN(C)C(=O)NCc2ccc(C)s2)cc1O. The average Bonchev–Trinajstić information content (AvgIpc) is 2.90. The van der Waals surface area contributed by atoms with E-state index in [1.54, 1.807) is 35.4 Å². The Morgan fingerprint density at radius 2 is 2.14 bits per heavy atom. The van der Waals surface area contributed by atoms with Gasteiger partial charge in [-0.2, -0.15) is 0 Å². The van der Waals surface area contributed by atoms with Crippen LogP contribution in [0.25, 0.3) is 0 Å². The van der Waals surface area contributed by atoms with Crippen LogP contribution >= 0.6 is 11.3 Å². The second-order valence-corrected chi connectivity index (χ2v) is 6.41. The molecular weight excluding hydrogens is 300 g/mol. The summed E-state index contributed by atoms with van der Waals surface area (Å²) in [5, 5.41) is 12.6. The van der Waals surface area contributed by atoms with E-state index in [4.69, 9.17) is 4.74 Å². The standard InChI is InChI=1S/C16H20N2O3S/c1-11-4-6-13(22-11)9-17-16(20)18(2)10-12-5-7-15(21-3)14(19)8-12/h4-8,19H,9-10H2,1-3H3,(H,17,20). The Balaban J connectivity index is 1.89. The van der Waals surface area contributed by atoms with E-state index in [1.165, 1.54) is 12.0 Å². The summed E-state index contributed by atoms with van der Waals surface area (Å²) in [5.41, 5.74) is 0.836. The van der Waals surface area contributed by atoms with Gasteiger partial charge in [-0.3, -0.25) is 0 Å². The number of ether oxygens (including phenoxy) is 1. The minimum absolute atomic E-state index is 0.0721. The first-order valence-corrected chi connectivity index (χ1v) is 7.71. The summed E-state index contributed by atoms with van der Waals surface area (Å²) >= 11 is 1.67. The van der Waals surface area contributed by atoms with Gasteiger partial charge in [0.2, 0.25) is 0 Å². The second kappa shape index (κ2) is 7.17. The minimum atomic E-state index is -0.152. The number of thiophene rings is 1. The van der Waals surface area contributed by atoms with Crippen molar-refractivity contribution in [2.24, 2.45) is 0 Å². The first-order chi connectivity index (χ1) is 10.5. The van der Waals surface area contributed by atoms with Gasteiger partial charge < -0.3 is 20.1 Å². The van der Waals surface area contributed by atoms with Gasteiger partial charge >= 0.3 is 6.03 Å². The second-order valence-electron chi connectivity index (χ2n) is 5.03. The van der Waals surface area contributed by atoms with Gasteiger partial charge in [-0.1, -0.05) is 6.07 Å². The predicted octanol–water partition coefficient (Wildman–Crippen LogP) is 3.11. The number of urea groups is 1. The third-order valence-electron chi connectivity index (χ3n) is 3.22. The molecule has 0 aliphatic carbocycles. The fourth-order valence-electron chi connectivity index (χ4n) is 2.06. The van der Waals surface area contributed by atoms with Crippen molar-refractivity contribution in [3.05, 3.63) is 45.6 Å². The van der Waals surface area contributed by atoms with E-state index in [1.807, 2.05) is 25.1 Å². The molecule has 0 bridgehead atoms. The van der Waals surface area contributed by atoms with Crippen LogP contribution in [0, 0.1) is 6.92 Å². The van der Waals surface area contributed by atoms with Crippen LogP contribution in [0.2, 0.25) is 0 Å². The van der Waals surface area contributed by atoms with Gasteiger partial charge in [-0.15, -0.1) is 11.3 Å². The molecule has 0 aliphatic heterocycles. The fraction of sp³-hybridized carbons (Fsp3) is 0.312. The molecule has 0 unspecified atom stereocenters. The molecule has 1 aromatic heterocycles. The number of phenolic OH excluding ortho intramolecular Hbond substituents is 1. The minimum Gasteiger partial charge on any atom is -0.504 e. The van der Waals surface area contributed by atoms with Gasteiger partial charge in [0.25, 0.3) is 0 Å². The Hall–Kier alpha value is -2.21. The lowest BCUT2D eigenvalue weighted by atomic mass is 10.2. The van der Waals surface area contributed by atoms with E-state index in [0.717, 1.165) is 10.4 Å². The summed E-state index contributed by atoms with van der Waals surface area (Å²) in [6.45, 7) is 2.97. The number of phenols is 1. The molecule has 0 saturated heterocycles. The zero-order chi connectivity index (χ0) is 16.1. The lowest BCUT2D eigenvalue weighted by molar-refractivity contribution is 0.206. The summed E-state index contributed by atoms with van der Waals surface area (Å²) in [6.07, 6.45) is 0. The van der Waals surface area contributed by atoms with E-state index in [-0.39, 0.29) is 11.8 Å². The van der Waals surface area contributed by atoms with Crippen LogP contribution in [0.4, 0.5) is 4.79 Å². The first-order valence-electron chi connectivity index (χ1n) is 6.89. The zero-order valence-corrected chi connectivity index (χ0v) is 13.7. The van der Waals surface area contributed by atoms with Gasteiger partial charge in [0.05, 0.1) is 13.7 Å². The molecule has 0 aliphatic rings. The van der Waals surface area contributed by atoms with E-state index in [2.05, 4.69) is 5.32 Å². The lowest BCUT2D eigenvalue weighted by Crippen LogP contribution is -2.36. The van der Waals surface area contributed by atoms with Crippen molar-refractivity contribution >= 4 is 17.4 Å². The Labute approximate surface area is 134 Å². The van der Waals surface area contributed by atoms with Crippen LogP contribution in [0.1, 0.15) is 15.3 Å². The molecule has 118 valence electrons. The fourth-order valence-corrected chi connectivity index (χ4v) is 2.89. The quantitative estimate of drug-likeness (QED) is 0.890. The van der Waals surface area contributed by atoms with Crippen LogP contribution in [-0.2, 0) is 13.1 Å². The maximum absolute atomic E-state index is 12.1. The number of carbonyl (C=O) groups excluding carboxylic acids is 1. The van der Waals surface area contributed by atoms with Gasteiger partial charge in [0.1, 0.15) is 0 Å². The number of benzene rings is 1. The Morgan fingerprint density at radius 3 is 2.73 bits per heavy atom. The summed E-state index contributed by atoms with van der Waals surface area (Å²) in [4.78, 5) is 16.0. The number of amides is 2. The summed E-state index contributed by atoms with van der Waals surface area (Å²) < 4.78 is 5.00. The molecule has 2 rings (SSSR count). The Morgan fingerprint density at radius 1 is 1.36 bits per heavy atom. The van der Waals surface area contributed by atoms with Crippen LogP contribution in [-0.4, -0.2) is 30.2 Å². The van der Waals surface area contributed by atoms with Crippen LogP contribution in [0.3, 0.4) is 0 Å². The van der Waals surface area contributed by atoms with Gasteiger partial charge in [-0.05, 0) is 36.8 Å².